The van der Waals surface area contributed by atoms with Crippen LogP contribution >= 0.6 is 0 Å². The van der Waals surface area contributed by atoms with Gasteiger partial charge in [-0.1, -0.05) is 12.1 Å². The first kappa shape index (κ1) is 20.6. The van der Waals surface area contributed by atoms with E-state index in [1.807, 2.05) is 0 Å². The lowest BCUT2D eigenvalue weighted by molar-refractivity contribution is -0.141. The molecule has 7 nitrogen and oxygen atoms in total. The molecule has 152 valence electrons. The third-order valence-electron chi connectivity index (χ3n) is 4.01. The highest BCUT2D eigenvalue weighted by molar-refractivity contribution is 7.89. The minimum absolute atomic E-state index is 0.0945. The van der Waals surface area contributed by atoms with Crippen molar-refractivity contribution in [2.75, 3.05) is 7.11 Å². The molecular weight excluding hydrogens is 411 g/mol. The predicted octanol–water partition coefficient (Wildman–Crippen LogP) is 2.99. The highest BCUT2D eigenvalue weighted by Gasteiger charge is 2.35. The van der Waals surface area contributed by atoms with Crippen LogP contribution in [0.5, 0.6) is 0 Å². The molecule has 0 bridgehead atoms. The Morgan fingerprint density at radius 3 is 2.14 bits per heavy atom. The highest BCUT2D eigenvalue weighted by atomic mass is 32.2. The molecule has 1 aromatic heterocycles. The summed E-state index contributed by atoms with van der Waals surface area (Å²) >= 11 is 0. The number of primary sulfonamides is 1. The second kappa shape index (κ2) is 7.33. The van der Waals surface area contributed by atoms with E-state index in [-0.39, 0.29) is 21.8 Å². The van der Waals surface area contributed by atoms with Crippen LogP contribution in [0.15, 0.2) is 59.5 Å². The van der Waals surface area contributed by atoms with E-state index in [1.54, 1.807) is 0 Å². The predicted molar refractivity (Wildman–Crippen MR) is 96.7 cm³/mol. The summed E-state index contributed by atoms with van der Waals surface area (Å²) < 4.78 is 68.0. The van der Waals surface area contributed by atoms with Crippen LogP contribution in [0.3, 0.4) is 0 Å². The molecule has 3 aromatic rings. The molecule has 0 spiro atoms. The van der Waals surface area contributed by atoms with E-state index in [1.165, 1.54) is 55.6 Å². The van der Waals surface area contributed by atoms with Gasteiger partial charge in [-0.25, -0.2) is 23.0 Å². The number of hydrogen-bond acceptors (Lipinski definition) is 5. The van der Waals surface area contributed by atoms with Gasteiger partial charge in [0, 0.05) is 5.56 Å². The van der Waals surface area contributed by atoms with Gasteiger partial charge in [0.25, 0.3) is 0 Å². The molecule has 2 aromatic carbocycles. The van der Waals surface area contributed by atoms with Gasteiger partial charge in [-0.15, -0.1) is 0 Å². The zero-order valence-electron chi connectivity index (χ0n) is 14.8. The summed E-state index contributed by atoms with van der Waals surface area (Å²) in [5, 5.41) is 8.65. The summed E-state index contributed by atoms with van der Waals surface area (Å²) in [6, 6.07) is 11.5. The smallest absolute Gasteiger partial charge is 0.435 e. The number of sulfonamides is 1. The second-order valence-corrected chi connectivity index (χ2v) is 7.49. The normalized spacial score (nSPS) is 12.0. The summed E-state index contributed by atoms with van der Waals surface area (Å²) in [6.45, 7) is 0. The topological polar surface area (TPSA) is 104 Å². The summed E-state index contributed by atoms with van der Waals surface area (Å²) in [7, 11) is -2.74. The van der Waals surface area contributed by atoms with Crippen molar-refractivity contribution in [3.05, 3.63) is 65.9 Å². The van der Waals surface area contributed by atoms with Crippen LogP contribution in [0.2, 0.25) is 0 Å². The lowest BCUT2D eigenvalue weighted by Gasteiger charge is -2.09. The Morgan fingerprint density at radius 1 is 1.07 bits per heavy atom. The van der Waals surface area contributed by atoms with Crippen LogP contribution in [0, 0.1) is 0 Å². The van der Waals surface area contributed by atoms with Crippen molar-refractivity contribution in [1.29, 1.82) is 0 Å². The largest absolute Gasteiger partial charge is 0.465 e. The van der Waals surface area contributed by atoms with E-state index in [2.05, 4.69) is 9.84 Å². The van der Waals surface area contributed by atoms with Crippen molar-refractivity contribution >= 4 is 16.0 Å². The molecule has 0 saturated heterocycles. The first-order valence-corrected chi connectivity index (χ1v) is 9.54. The first-order chi connectivity index (χ1) is 13.5. The molecule has 0 aliphatic carbocycles. The standard InChI is InChI=1S/C18H14F3N3O4S/c1-28-17(25)12-4-2-11(3-5-12)15-10-16(18(19,20)21)23-24(15)13-6-8-14(9-7-13)29(22,26)27/h2-10H,1H3,(H2,22,26,27). The molecule has 0 saturated carbocycles. The fourth-order valence-corrected chi connectivity index (χ4v) is 3.11. The van der Waals surface area contributed by atoms with Crippen molar-refractivity contribution in [2.45, 2.75) is 11.1 Å². The van der Waals surface area contributed by atoms with Crippen LogP contribution < -0.4 is 5.14 Å². The third kappa shape index (κ3) is 4.30. The maximum atomic E-state index is 13.2. The molecule has 0 fully saturated rings. The zero-order valence-corrected chi connectivity index (χ0v) is 15.7. The van der Waals surface area contributed by atoms with Crippen molar-refractivity contribution in [1.82, 2.24) is 9.78 Å². The number of carbonyl (C=O) groups excluding carboxylic acids is 1. The van der Waals surface area contributed by atoms with Gasteiger partial charge >= 0.3 is 12.1 Å². The molecule has 29 heavy (non-hydrogen) atoms. The van der Waals surface area contributed by atoms with E-state index in [4.69, 9.17) is 5.14 Å². The molecule has 11 heteroatoms. The molecule has 0 aliphatic rings. The Hall–Kier alpha value is -3.18. The van der Waals surface area contributed by atoms with E-state index < -0.39 is 27.9 Å². The maximum absolute atomic E-state index is 13.2. The van der Waals surface area contributed by atoms with Gasteiger partial charge in [-0.2, -0.15) is 18.3 Å². The summed E-state index contributed by atoms with van der Waals surface area (Å²) in [5.74, 6) is -0.584. The van der Waals surface area contributed by atoms with Crippen LogP contribution in [0.25, 0.3) is 16.9 Å². The van der Waals surface area contributed by atoms with Gasteiger partial charge in [0.05, 0.1) is 29.0 Å². The molecule has 0 amide bonds. The second-order valence-electron chi connectivity index (χ2n) is 5.93. The first-order valence-electron chi connectivity index (χ1n) is 8.00. The van der Waals surface area contributed by atoms with Crippen LogP contribution in [0.4, 0.5) is 13.2 Å². The molecule has 0 radical (unpaired) electrons. The average molecular weight is 425 g/mol. The molecule has 0 unspecified atom stereocenters. The Labute approximate surface area is 163 Å². The number of methoxy groups -OCH3 is 1. The molecule has 1 heterocycles. The Morgan fingerprint density at radius 2 is 1.66 bits per heavy atom. The summed E-state index contributed by atoms with van der Waals surface area (Å²) in [4.78, 5) is 11.4. The van der Waals surface area contributed by atoms with Crippen molar-refractivity contribution in [3.8, 4) is 16.9 Å². The third-order valence-corrected chi connectivity index (χ3v) is 4.94. The molecule has 2 N–H and O–H groups in total. The number of hydrogen-bond donors (Lipinski definition) is 1. The van der Waals surface area contributed by atoms with Crippen molar-refractivity contribution in [3.63, 3.8) is 0 Å². The molecule has 0 atom stereocenters. The van der Waals surface area contributed by atoms with Gasteiger partial charge in [0.15, 0.2) is 5.69 Å². The van der Waals surface area contributed by atoms with Gasteiger partial charge in [0.2, 0.25) is 10.0 Å². The summed E-state index contributed by atoms with van der Waals surface area (Å²) in [5.41, 5.74) is -0.246. The monoisotopic (exact) mass is 425 g/mol. The number of alkyl halides is 3. The quantitative estimate of drug-likeness (QED) is 0.647. The van der Waals surface area contributed by atoms with Crippen LogP contribution in [-0.4, -0.2) is 31.3 Å². The molecular formula is C18H14F3N3O4S. The number of esters is 1. The molecule has 3 rings (SSSR count). The Balaban J connectivity index is 2.12. The molecule has 0 aliphatic heterocycles. The van der Waals surface area contributed by atoms with Crippen molar-refractivity contribution in [2.24, 2.45) is 5.14 Å². The van der Waals surface area contributed by atoms with Gasteiger partial charge < -0.3 is 4.74 Å². The average Bonchev–Trinajstić information content (AvgIpc) is 3.13. The fourth-order valence-electron chi connectivity index (χ4n) is 2.59. The SMILES string of the molecule is COC(=O)c1ccc(-c2cc(C(F)(F)F)nn2-c2ccc(S(N)(=O)=O)cc2)cc1. The fraction of sp³-hybridized carbons (Fsp3) is 0.111. The number of aromatic nitrogens is 2. The highest BCUT2D eigenvalue weighted by Crippen LogP contribution is 2.33. The Bertz CT molecular complexity index is 1150. The number of carbonyl (C=O) groups is 1. The van der Waals surface area contributed by atoms with E-state index in [9.17, 15) is 26.4 Å². The van der Waals surface area contributed by atoms with E-state index >= 15 is 0 Å². The van der Waals surface area contributed by atoms with Gasteiger partial charge in [-0.05, 0) is 42.5 Å². The minimum atomic E-state index is -4.69. The van der Waals surface area contributed by atoms with Gasteiger partial charge in [-0.3, -0.25) is 0 Å². The minimum Gasteiger partial charge on any atom is -0.465 e. The van der Waals surface area contributed by atoms with Crippen LogP contribution in [-0.2, 0) is 20.9 Å². The number of benzene rings is 2. The van der Waals surface area contributed by atoms with E-state index in [0.717, 1.165) is 10.7 Å². The Kier molecular flexibility index (Phi) is 5.20. The number of nitrogens with two attached hydrogens (primary N) is 1. The number of rotatable bonds is 4. The van der Waals surface area contributed by atoms with Gasteiger partial charge in [0.1, 0.15) is 0 Å². The van der Waals surface area contributed by atoms with Crippen molar-refractivity contribution < 1.29 is 31.1 Å². The number of nitrogens with zero attached hydrogens (tertiary/aromatic N) is 2. The maximum Gasteiger partial charge on any atom is 0.435 e. The van der Waals surface area contributed by atoms with E-state index in [0.29, 0.717) is 5.56 Å². The van der Waals surface area contributed by atoms with Crippen LogP contribution in [0.1, 0.15) is 16.1 Å². The number of ether oxygens (including phenoxy) is 1. The number of halogens is 3. The summed E-state index contributed by atoms with van der Waals surface area (Å²) in [6.07, 6.45) is -4.69. The zero-order chi connectivity index (χ0) is 21.4. The lowest BCUT2D eigenvalue weighted by Crippen LogP contribution is -2.12. The lowest BCUT2D eigenvalue weighted by atomic mass is 10.1.